The summed E-state index contributed by atoms with van der Waals surface area (Å²) >= 11 is 0. The second-order valence-corrected chi connectivity index (χ2v) is 7.40. The van der Waals surface area contributed by atoms with E-state index in [0.29, 0.717) is 19.4 Å². The quantitative estimate of drug-likeness (QED) is 0.832. The number of amides is 1. The molecule has 28 heavy (non-hydrogen) atoms. The molecule has 3 atom stereocenters. The summed E-state index contributed by atoms with van der Waals surface area (Å²) in [7, 11) is 0. The molecule has 2 N–H and O–H groups in total. The van der Waals surface area contributed by atoms with E-state index in [1.165, 1.54) is 5.56 Å². The molecule has 2 aromatic rings. The van der Waals surface area contributed by atoms with Crippen LogP contribution in [0.1, 0.15) is 30.9 Å². The SMILES string of the molecule is CC1Cc2cc(-c3ccc(CNC(=O)[C@@H]4CC[C@H](C(=O)O)O4)cc3)ccc2O1. The lowest BCUT2D eigenvalue weighted by Crippen LogP contribution is -2.35. The minimum absolute atomic E-state index is 0.228. The van der Waals surface area contributed by atoms with Crippen LogP contribution in [0.3, 0.4) is 0 Å². The van der Waals surface area contributed by atoms with Crippen LogP contribution in [0.4, 0.5) is 0 Å². The van der Waals surface area contributed by atoms with Gasteiger partial charge in [0.1, 0.15) is 18.0 Å². The number of carboxylic acids is 1. The summed E-state index contributed by atoms with van der Waals surface area (Å²) in [6, 6.07) is 14.3. The summed E-state index contributed by atoms with van der Waals surface area (Å²) < 4.78 is 11.0. The molecule has 0 spiro atoms. The Balaban J connectivity index is 1.35. The number of aliphatic carboxylic acids is 1. The Morgan fingerprint density at radius 1 is 1.07 bits per heavy atom. The predicted octanol–water partition coefficient (Wildman–Crippen LogP) is 2.93. The van der Waals surface area contributed by atoms with E-state index in [-0.39, 0.29) is 12.0 Å². The fraction of sp³-hybridized carbons (Fsp3) is 0.364. The van der Waals surface area contributed by atoms with E-state index in [2.05, 4.69) is 24.4 Å². The van der Waals surface area contributed by atoms with E-state index in [9.17, 15) is 9.59 Å². The normalized spacial score (nSPS) is 23.1. The number of carbonyl (C=O) groups excluding carboxylic acids is 1. The van der Waals surface area contributed by atoms with E-state index in [4.69, 9.17) is 14.6 Å². The largest absolute Gasteiger partial charge is 0.490 e. The third-order valence-electron chi connectivity index (χ3n) is 5.24. The average Bonchev–Trinajstić information content (AvgIpc) is 3.32. The topological polar surface area (TPSA) is 84.9 Å². The molecule has 1 fully saturated rings. The van der Waals surface area contributed by atoms with Gasteiger partial charge in [-0.25, -0.2) is 4.79 Å². The summed E-state index contributed by atoms with van der Waals surface area (Å²) in [6.45, 7) is 2.45. The third kappa shape index (κ3) is 3.87. The Labute approximate surface area is 163 Å². The summed E-state index contributed by atoms with van der Waals surface area (Å²) in [5.74, 6) is -0.311. The van der Waals surface area contributed by atoms with E-state index >= 15 is 0 Å². The van der Waals surface area contributed by atoms with Crippen LogP contribution in [0.25, 0.3) is 11.1 Å². The van der Waals surface area contributed by atoms with E-state index in [1.54, 1.807) is 0 Å². The van der Waals surface area contributed by atoms with Crippen molar-refractivity contribution >= 4 is 11.9 Å². The minimum Gasteiger partial charge on any atom is -0.490 e. The van der Waals surface area contributed by atoms with Crippen molar-refractivity contribution in [2.45, 2.75) is 51.0 Å². The molecule has 0 bridgehead atoms. The van der Waals surface area contributed by atoms with Crippen molar-refractivity contribution in [2.75, 3.05) is 0 Å². The van der Waals surface area contributed by atoms with Gasteiger partial charge >= 0.3 is 5.97 Å². The molecule has 1 saturated heterocycles. The second kappa shape index (κ2) is 7.64. The van der Waals surface area contributed by atoms with Crippen LogP contribution in [0.15, 0.2) is 42.5 Å². The van der Waals surface area contributed by atoms with E-state index in [1.807, 2.05) is 30.3 Å². The number of nitrogens with one attached hydrogen (secondary N) is 1. The van der Waals surface area contributed by atoms with Gasteiger partial charge in [-0.3, -0.25) is 4.79 Å². The highest BCUT2D eigenvalue weighted by Crippen LogP contribution is 2.32. The number of hydrogen-bond donors (Lipinski definition) is 2. The molecule has 6 heteroatoms. The smallest absolute Gasteiger partial charge is 0.332 e. The first-order valence-corrected chi connectivity index (χ1v) is 9.54. The summed E-state index contributed by atoms with van der Waals surface area (Å²) in [5, 5.41) is 11.8. The molecule has 2 aliphatic rings. The zero-order valence-electron chi connectivity index (χ0n) is 15.7. The van der Waals surface area contributed by atoms with Crippen LogP contribution < -0.4 is 10.1 Å². The van der Waals surface area contributed by atoms with Crippen molar-refractivity contribution in [1.29, 1.82) is 0 Å². The molecule has 6 nitrogen and oxygen atoms in total. The first-order valence-electron chi connectivity index (χ1n) is 9.54. The molecule has 2 aliphatic heterocycles. The molecule has 0 aromatic heterocycles. The van der Waals surface area contributed by atoms with Gasteiger partial charge in [0.15, 0.2) is 6.10 Å². The Kier molecular flexibility index (Phi) is 5.05. The highest BCUT2D eigenvalue weighted by atomic mass is 16.5. The monoisotopic (exact) mass is 381 g/mol. The zero-order valence-corrected chi connectivity index (χ0v) is 15.7. The third-order valence-corrected chi connectivity index (χ3v) is 5.24. The van der Waals surface area contributed by atoms with Crippen molar-refractivity contribution in [2.24, 2.45) is 0 Å². The molecule has 4 rings (SSSR count). The second-order valence-electron chi connectivity index (χ2n) is 7.40. The Morgan fingerprint density at radius 3 is 2.50 bits per heavy atom. The van der Waals surface area contributed by atoms with Crippen LogP contribution in [0.5, 0.6) is 5.75 Å². The first-order chi connectivity index (χ1) is 13.5. The molecular weight excluding hydrogens is 358 g/mol. The van der Waals surface area contributed by atoms with Gasteiger partial charge in [0.25, 0.3) is 0 Å². The van der Waals surface area contributed by atoms with E-state index < -0.39 is 18.2 Å². The average molecular weight is 381 g/mol. The molecular formula is C22H23NO5. The Bertz CT molecular complexity index is 892. The van der Waals surface area contributed by atoms with Crippen LogP contribution in [0.2, 0.25) is 0 Å². The standard InChI is InChI=1S/C22H23NO5/c1-13-10-17-11-16(6-7-18(17)27-13)15-4-2-14(3-5-15)12-23-21(24)19-8-9-20(28-19)22(25)26/h2-7,11,13,19-20H,8-10,12H2,1H3,(H,23,24)(H,25,26)/t13?,19-,20+/m0/s1. The number of ether oxygens (including phenoxy) is 2. The van der Waals surface area contributed by atoms with Crippen molar-refractivity contribution in [1.82, 2.24) is 5.32 Å². The maximum Gasteiger partial charge on any atom is 0.332 e. The zero-order chi connectivity index (χ0) is 19.7. The van der Waals surface area contributed by atoms with Gasteiger partial charge in [-0.05, 0) is 54.2 Å². The molecule has 1 unspecified atom stereocenters. The Morgan fingerprint density at radius 2 is 1.79 bits per heavy atom. The number of carboxylic acid groups (broad SMARTS) is 1. The lowest BCUT2D eigenvalue weighted by molar-refractivity contribution is -0.151. The maximum atomic E-state index is 12.2. The maximum absolute atomic E-state index is 12.2. The first kappa shape index (κ1) is 18.5. The predicted molar refractivity (Wildman–Crippen MR) is 103 cm³/mol. The summed E-state index contributed by atoms with van der Waals surface area (Å²) in [4.78, 5) is 23.1. The molecule has 1 amide bonds. The highest BCUT2D eigenvalue weighted by molar-refractivity contribution is 5.82. The van der Waals surface area contributed by atoms with Crippen molar-refractivity contribution in [3.05, 3.63) is 53.6 Å². The van der Waals surface area contributed by atoms with Crippen LogP contribution in [-0.4, -0.2) is 35.3 Å². The number of carbonyl (C=O) groups is 2. The van der Waals surface area contributed by atoms with Gasteiger partial charge in [-0.2, -0.15) is 0 Å². The van der Waals surface area contributed by atoms with Gasteiger partial charge in [0, 0.05) is 13.0 Å². The molecule has 0 aliphatic carbocycles. The highest BCUT2D eigenvalue weighted by Gasteiger charge is 2.34. The van der Waals surface area contributed by atoms with Crippen LogP contribution in [0, 0.1) is 0 Å². The summed E-state index contributed by atoms with van der Waals surface area (Å²) in [6.07, 6.45) is 0.395. The van der Waals surface area contributed by atoms with Gasteiger partial charge in [0.05, 0.1) is 0 Å². The number of rotatable bonds is 5. The van der Waals surface area contributed by atoms with Crippen molar-refractivity contribution < 1.29 is 24.2 Å². The fourth-order valence-electron chi connectivity index (χ4n) is 3.73. The fourth-order valence-corrected chi connectivity index (χ4v) is 3.73. The van der Waals surface area contributed by atoms with Gasteiger partial charge < -0.3 is 19.9 Å². The molecule has 0 saturated carbocycles. The lowest BCUT2D eigenvalue weighted by atomic mass is 10.00. The molecule has 2 heterocycles. The number of hydrogen-bond acceptors (Lipinski definition) is 4. The van der Waals surface area contributed by atoms with Crippen molar-refractivity contribution in [3.63, 3.8) is 0 Å². The van der Waals surface area contributed by atoms with Gasteiger partial charge in [0.2, 0.25) is 5.91 Å². The number of fused-ring (bicyclic) bond motifs is 1. The van der Waals surface area contributed by atoms with E-state index in [0.717, 1.165) is 28.9 Å². The Hall–Kier alpha value is -2.86. The van der Waals surface area contributed by atoms with Crippen molar-refractivity contribution in [3.8, 4) is 16.9 Å². The molecule has 0 radical (unpaired) electrons. The molecule has 146 valence electrons. The molecule has 2 aromatic carbocycles. The summed E-state index contributed by atoms with van der Waals surface area (Å²) in [5.41, 5.74) is 4.47. The minimum atomic E-state index is -1.02. The lowest BCUT2D eigenvalue weighted by Gasteiger charge is -2.12. The van der Waals surface area contributed by atoms with Crippen LogP contribution in [-0.2, 0) is 27.3 Å². The number of benzene rings is 2. The van der Waals surface area contributed by atoms with Gasteiger partial charge in [-0.15, -0.1) is 0 Å². The van der Waals surface area contributed by atoms with Crippen LogP contribution >= 0.6 is 0 Å². The van der Waals surface area contributed by atoms with Gasteiger partial charge in [-0.1, -0.05) is 30.3 Å².